The van der Waals surface area contributed by atoms with Crippen LogP contribution in [0.3, 0.4) is 0 Å². The van der Waals surface area contributed by atoms with Gasteiger partial charge in [-0.2, -0.15) is 0 Å². The summed E-state index contributed by atoms with van der Waals surface area (Å²) in [6.07, 6.45) is 8.68. The Labute approximate surface area is 194 Å². The van der Waals surface area contributed by atoms with E-state index >= 15 is 0 Å². The van der Waals surface area contributed by atoms with Crippen LogP contribution in [0.5, 0.6) is 0 Å². The lowest BCUT2D eigenvalue weighted by Crippen LogP contribution is -2.41. The van der Waals surface area contributed by atoms with E-state index in [-0.39, 0.29) is 29.1 Å². The molecule has 1 aliphatic rings. The van der Waals surface area contributed by atoms with Crippen molar-refractivity contribution >= 4 is 28.2 Å². The van der Waals surface area contributed by atoms with Crippen molar-refractivity contribution in [3.05, 3.63) is 53.1 Å². The van der Waals surface area contributed by atoms with Crippen molar-refractivity contribution in [3.63, 3.8) is 0 Å². The first-order valence-corrected chi connectivity index (χ1v) is 12.3. The van der Waals surface area contributed by atoms with E-state index in [4.69, 9.17) is 0 Å². The third-order valence-electron chi connectivity index (χ3n) is 5.63. The van der Waals surface area contributed by atoms with E-state index in [2.05, 4.69) is 53.7 Å². The second kappa shape index (κ2) is 11.5. The van der Waals surface area contributed by atoms with Crippen LogP contribution >= 0.6 is 11.3 Å². The molecule has 2 heterocycles. The number of allylic oxidation sites excluding steroid dienone is 1. The smallest absolute Gasteiger partial charge is 0.249 e. The van der Waals surface area contributed by atoms with Gasteiger partial charge < -0.3 is 5.32 Å². The van der Waals surface area contributed by atoms with Crippen LogP contribution in [0.15, 0.2) is 42.5 Å². The second-order valence-corrected chi connectivity index (χ2v) is 10.4. The minimum absolute atomic E-state index is 0.0109. The minimum atomic E-state index is -0.241. The summed E-state index contributed by atoms with van der Waals surface area (Å²) >= 11 is 1.39. The Balaban J connectivity index is 1.61. The van der Waals surface area contributed by atoms with Gasteiger partial charge in [0.1, 0.15) is 10.8 Å². The van der Waals surface area contributed by atoms with Crippen LogP contribution in [-0.4, -0.2) is 34.5 Å². The van der Waals surface area contributed by atoms with E-state index in [1.165, 1.54) is 23.0 Å². The molecule has 1 aromatic heterocycles. The number of ketones is 1. The molecule has 172 valence electrons. The third kappa shape index (κ3) is 7.64. The number of hydrogen-bond acceptors (Lipinski definition) is 6. The minimum Gasteiger partial charge on any atom is -0.307 e. The number of amides is 1. The highest BCUT2D eigenvalue weighted by molar-refractivity contribution is 7.15. The Hall–Kier alpha value is -2.38. The zero-order valence-corrected chi connectivity index (χ0v) is 20.1. The van der Waals surface area contributed by atoms with Gasteiger partial charge in [0.15, 0.2) is 0 Å². The second-order valence-electron chi connectivity index (χ2n) is 9.47. The predicted molar refractivity (Wildman–Crippen MR) is 130 cm³/mol. The number of aryl methyl sites for hydroxylation is 1. The Morgan fingerprint density at radius 3 is 2.66 bits per heavy atom. The van der Waals surface area contributed by atoms with Gasteiger partial charge in [0.25, 0.3) is 0 Å². The Morgan fingerprint density at radius 1 is 1.22 bits per heavy atom. The lowest BCUT2D eigenvalue weighted by Gasteiger charge is -2.23. The Kier molecular flexibility index (Phi) is 8.70. The largest absolute Gasteiger partial charge is 0.307 e. The zero-order valence-electron chi connectivity index (χ0n) is 19.3. The summed E-state index contributed by atoms with van der Waals surface area (Å²) in [6, 6.07) is 10.2. The van der Waals surface area contributed by atoms with Gasteiger partial charge in [-0.3, -0.25) is 14.9 Å². The fourth-order valence-corrected chi connectivity index (χ4v) is 4.54. The number of piperidine rings is 1. The number of anilines is 1. The highest BCUT2D eigenvalue weighted by atomic mass is 32.1. The van der Waals surface area contributed by atoms with Gasteiger partial charge in [-0.05, 0) is 49.8 Å². The first-order chi connectivity index (χ1) is 15.3. The molecule has 1 aliphatic heterocycles. The summed E-state index contributed by atoms with van der Waals surface area (Å²) in [5.74, 6) is 0.0121. The molecule has 1 fully saturated rings. The molecule has 1 aromatic carbocycles. The molecule has 7 heteroatoms. The van der Waals surface area contributed by atoms with Gasteiger partial charge in [0, 0.05) is 11.8 Å². The molecule has 0 bridgehead atoms. The number of carbonyl (C=O) groups is 2. The number of Topliss-reactive ketones (excluding diaryl/α,β-unsaturated/α-hetero) is 1. The molecule has 1 amide bonds. The fourth-order valence-electron chi connectivity index (χ4n) is 3.74. The molecule has 2 atom stereocenters. The quantitative estimate of drug-likeness (QED) is 0.538. The normalized spacial score (nSPS) is 17.9. The van der Waals surface area contributed by atoms with Crippen LogP contribution in [-0.2, 0) is 21.4 Å². The van der Waals surface area contributed by atoms with Crippen LogP contribution in [0.2, 0.25) is 0 Å². The summed E-state index contributed by atoms with van der Waals surface area (Å²) in [7, 11) is 0. The summed E-state index contributed by atoms with van der Waals surface area (Å²) in [5.41, 5.74) is 1.13. The van der Waals surface area contributed by atoms with Crippen molar-refractivity contribution in [2.24, 2.45) is 5.92 Å². The first kappa shape index (κ1) is 24.3. The molecular formula is C25H34N4O2S. The number of rotatable bonds is 9. The number of carbonyl (C=O) groups excluding carboxylic acids is 2. The highest BCUT2D eigenvalue weighted by Crippen LogP contribution is 2.27. The first-order valence-electron chi connectivity index (χ1n) is 11.4. The number of nitrogens with one attached hydrogen (secondary N) is 2. The van der Waals surface area contributed by atoms with Crippen molar-refractivity contribution in [1.29, 1.82) is 0 Å². The summed E-state index contributed by atoms with van der Waals surface area (Å²) in [4.78, 5) is 25.3. The van der Waals surface area contributed by atoms with Crippen molar-refractivity contribution < 1.29 is 9.59 Å². The van der Waals surface area contributed by atoms with E-state index in [9.17, 15) is 9.59 Å². The lowest BCUT2D eigenvalue weighted by atomic mass is 9.90. The third-order valence-corrected chi connectivity index (χ3v) is 6.89. The summed E-state index contributed by atoms with van der Waals surface area (Å²) in [6.45, 7) is 7.10. The van der Waals surface area contributed by atoms with Gasteiger partial charge in [-0.1, -0.05) is 74.9 Å². The number of hydrogen-bond donors (Lipinski definition) is 2. The fraction of sp³-hybridized carbons (Fsp3) is 0.520. The topological polar surface area (TPSA) is 84.0 Å². The molecule has 2 N–H and O–H groups in total. The Morgan fingerprint density at radius 2 is 2.00 bits per heavy atom. The average molecular weight is 455 g/mol. The van der Waals surface area contributed by atoms with E-state index < -0.39 is 0 Å². The summed E-state index contributed by atoms with van der Waals surface area (Å²) < 4.78 is 0. The van der Waals surface area contributed by atoms with Crippen LogP contribution in [0.4, 0.5) is 5.13 Å². The van der Waals surface area contributed by atoms with Crippen LogP contribution < -0.4 is 10.6 Å². The molecule has 0 spiro atoms. The molecule has 32 heavy (non-hydrogen) atoms. The zero-order chi connectivity index (χ0) is 23.0. The van der Waals surface area contributed by atoms with Gasteiger partial charge in [0.2, 0.25) is 11.0 Å². The average Bonchev–Trinajstić information content (AvgIpc) is 3.26. The molecule has 2 aromatic rings. The maximum absolute atomic E-state index is 12.8. The van der Waals surface area contributed by atoms with E-state index in [1.54, 1.807) is 0 Å². The summed E-state index contributed by atoms with van der Waals surface area (Å²) in [5, 5.41) is 15.8. The van der Waals surface area contributed by atoms with Crippen molar-refractivity contribution in [2.45, 2.75) is 70.8 Å². The van der Waals surface area contributed by atoms with E-state index in [1.807, 2.05) is 24.3 Å². The van der Waals surface area contributed by atoms with Gasteiger partial charge in [-0.25, -0.2) is 0 Å². The molecule has 6 nitrogen and oxygen atoms in total. The SMILES string of the molecule is CC(C)(C)c1nnc(NC(=O)/C=C/[C@H](CCc2ccccc2)CC(=O)[C@@H]2CCCCN2)s1. The lowest BCUT2D eigenvalue weighted by molar-refractivity contribution is -0.122. The van der Waals surface area contributed by atoms with Crippen LogP contribution in [0, 0.1) is 5.92 Å². The maximum Gasteiger partial charge on any atom is 0.249 e. The van der Waals surface area contributed by atoms with Crippen molar-refractivity contribution in [2.75, 3.05) is 11.9 Å². The van der Waals surface area contributed by atoms with Gasteiger partial charge in [0.05, 0.1) is 6.04 Å². The molecule has 0 unspecified atom stereocenters. The van der Waals surface area contributed by atoms with Crippen molar-refractivity contribution in [3.8, 4) is 0 Å². The molecule has 3 rings (SSSR count). The Bertz CT molecular complexity index is 912. The number of nitrogens with zero attached hydrogens (tertiary/aromatic N) is 2. The molecule has 0 radical (unpaired) electrons. The van der Waals surface area contributed by atoms with Crippen LogP contribution in [0.25, 0.3) is 0 Å². The molecule has 0 aliphatic carbocycles. The predicted octanol–water partition coefficient (Wildman–Crippen LogP) is 4.68. The molecular weight excluding hydrogens is 420 g/mol. The standard InChI is InChI=1S/C25H34N4O2S/c1-25(2,3)23-28-29-24(32-23)27-22(31)15-14-19(13-12-18-9-5-4-6-10-18)17-21(30)20-11-7-8-16-26-20/h4-6,9-10,14-15,19-20,26H,7-8,11-13,16-17H2,1-3H3,(H,27,29,31)/b15-14+/t19-,20-/m0/s1. The number of benzene rings is 1. The monoisotopic (exact) mass is 454 g/mol. The number of aromatic nitrogens is 2. The van der Waals surface area contributed by atoms with E-state index in [0.29, 0.717) is 11.6 Å². The van der Waals surface area contributed by atoms with Crippen LogP contribution in [0.1, 0.15) is 63.4 Å². The van der Waals surface area contributed by atoms with Gasteiger partial charge in [-0.15, -0.1) is 10.2 Å². The molecule has 0 saturated carbocycles. The highest BCUT2D eigenvalue weighted by Gasteiger charge is 2.23. The maximum atomic E-state index is 12.8. The molecule has 1 saturated heterocycles. The van der Waals surface area contributed by atoms with Crippen molar-refractivity contribution in [1.82, 2.24) is 15.5 Å². The van der Waals surface area contributed by atoms with Gasteiger partial charge >= 0.3 is 0 Å². The van der Waals surface area contributed by atoms with E-state index in [0.717, 1.165) is 43.7 Å².